The Morgan fingerprint density at radius 3 is 2.62 bits per heavy atom. The molecule has 7 nitrogen and oxygen atoms in total. The van der Waals surface area contributed by atoms with Crippen molar-refractivity contribution >= 4 is 17.5 Å². The summed E-state index contributed by atoms with van der Waals surface area (Å²) in [6.45, 7) is 6.20. The first-order valence-corrected chi connectivity index (χ1v) is 10.4. The summed E-state index contributed by atoms with van der Waals surface area (Å²) in [6, 6.07) is 6.02. The van der Waals surface area contributed by atoms with Gasteiger partial charge < -0.3 is 14.7 Å². The topological polar surface area (TPSA) is 88.3 Å². The summed E-state index contributed by atoms with van der Waals surface area (Å²) in [5.74, 6) is 0.549. The lowest BCUT2D eigenvalue weighted by molar-refractivity contribution is -0.129. The molecule has 1 aromatic carbocycles. The number of benzene rings is 1. The standard InChI is InChI=1S/C22H28N4O3/c1-14-7-8-18(15(2)11-14)26-13-17(12-19(26)27)20(28)24-22(9-5-4-6-10-22)21-23-16(3)25-29-21/h7-8,11,17H,4-6,9-10,12-13H2,1-3H3,(H,24,28)/t17-/m1/s1. The van der Waals surface area contributed by atoms with E-state index in [0.717, 1.165) is 48.9 Å². The van der Waals surface area contributed by atoms with Crippen LogP contribution >= 0.6 is 0 Å². The summed E-state index contributed by atoms with van der Waals surface area (Å²) in [6.07, 6.45) is 4.91. The molecule has 2 heterocycles. The average molecular weight is 396 g/mol. The second-order valence-corrected chi connectivity index (χ2v) is 8.47. The summed E-state index contributed by atoms with van der Waals surface area (Å²) < 4.78 is 5.46. The van der Waals surface area contributed by atoms with E-state index in [9.17, 15) is 9.59 Å². The zero-order valence-electron chi connectivity index (χ0n) is 17.3. The van der Waals surface area contributed by atoms with Gasteiger partial charge in [0.05, 0.1) is 5.92 Å². The summed E-state index contributed by atoms with van der Waals surface area (Å²) in [7, 11) is 0. The van der Waals surface area contributed by atoms with Crippen LogP contribution in [0.3, 0.4) is 0 Å². The van der Waals surface area contributed by atoms with Crippen LogP contribution in [0.15, 0.2) is 22.7 Å². The van der Waals surface area contributed by atoms with E-state index < -0.39 is 5.54 Å². The van der Waals surface area contributed by atoms with Crippen LogP contribution in [-0.2, 0) is 15.1 Å². The van der Waals surface area contributed by atoms with Gasteiger partial charge in [-0.25, -0.2) is 0 Å². The van der Waals surface area contributed by atoms with E-state index in [4.69, 9.17) is 4.52 Å². The van der Waals surface area contributed by atoms with Crippen LogP contribution in [0.4, 0.5) is 5.69 Å². The van der Waals surface area contributed by atoms with Gasteiger partial charge in [0.1, 0.15) is 5.54 Å². The molecule has 1 saturated carbocycles. The van der Waals surface area contributed by atoms with Crippen LogP contribution in [0, 0.1) is 26.7 Å². The van der Waals surface area contributed by atoms with Crippen molar-refractivity contribution in [3.05, 3.63) is 41.0 Å². The third-order valence-corrected chi connectivity index (χ3v) is 6.15. The number of aryl methyl sites for hydroxylation is 3. The Bertz CT molecular complexity index is 930. The number of hydrogen-bond donors (Lipinski definition) is 1. The van der Waals surface area contributed by atoms with Crippen LogP contribution < -0.4 is 10.2 Å². The van der Waals surface area contributed by atoms with Crippen LogP contribution in [0.2, 0.25) is 0 Å². The highest BCUT2D eigenvalue weighted by molar-refractivity contribution is 6.01. The summed E-state index contributed by atoms with van der Waals surface area (Å²) in [4.78, 5) is 32.0. The lowest BCUT2D eigenvalue weighted by atomic mass is 9.81. The van der Waals surface area contributed by atoms with Crippen molar-refractivity contribution in [3.8, 4) is 0 Å². The van der Waals surface area contributed by atoms with E-state index in [0.29, 0.717) is 18.3 Å². The van der Waals surface area contributed by atoms with Crippen LogP contribution in [0.5, 0.6) is 0 Å². The Kier molecular flexibility index (Phi) is 5.15. The molecule has 0 radical (unpaired) electrons. The van der Waals surface area contributed by atoms with Crippen molar-refractivity contribution in [1.29, 1.82) is 0 Å². The summed E-state index contributed by atoms with van der Waals surface area (Å²) in [5, 5.41) is 7.13. The van der Waals surface area contributed by atoms with Gasteiger partial charge in [0.2, 0.25) is 11.8 Å². The van der Waals surface area contributed by atoms with Gasteiger partial charge in [-0.1, -0.05) is 42.1 Å². The molecule has 1 atom stereocenters. The number of carbonyl (C=O) groups is 2. The Hall–Kier alpha value is -2.70. The van der Waals surface area contributed by atoms with Crippen molar-refractivity contribution in [1.82, 2.24) is 15.5 Å². The fraction of sp³-hybridized carbons (Fsp3) is 0.545. The average Bonchev–Trinajstić information content (AvgIpc) is 3.29. The first kappa shape index (κ1) is 19.6. The summed E-state index contributed by atoms with van der Waals surface area (Å²) in [5.41, 5.74) is 2.47. The minimum absolute atomic E-state index is 0.0107. The third kappa shape index (κ3) is 3.78. The van der Waals surface area contributed by atoms with Crippen LogP contribution in [0.1, 0.15) is 61.4 Å². The predicted molar refractivity (Wildman–Crippen MR) is 108 cm³/mol. The van der Waals surface area contributed by atoms with Crippen molar-refractivity contribution in [3.63, 3.8) is 0 Å². The molecular formula is C22H28N4O3. The van der Waals surface area contributed by atoms with E-state index >= 15 is 0 Å². The second-order valence-electron chi connectivity index (χ2n) is 8.47. The number of aromatic nitrogens is 2. The molecule has 7 heteroatoms. The van der Waals surface area contributed by atoms with E-state index in [1.807, 2.05) is 26.0 Å². The normalized spacial score (nSPS) is 21.4. The Labute approximate surface area is 170 Å². The molecule has 2 amide bonds. The lowest BCUT2D eigenvalue weighted by Crippen LogP contribution is -2.50. The zero-order valence-corrected chi connectivity index (χ0v) is 17.3. The number of hydrogen-bond acceptors (Lipinski definition) is 5. The number of nitrogens with zero attached hydrogens (tertiary/aromatic N) is 3. The minimum Gasteiger partial charge on any atom is -0.341 e. The van der Waals surface area contributed by atoms with Gasteiger partial charge in [0.15, 0.2) is 5.82 Å². The number of nitrogens with one attached hydrogen (secondary N) is 1. The highest BCUT2D eigenvalue weighted by Gasteiger charge is 2.44. The first-order chi connectivity index (χ1) is 13.9. The maximum Gasteiger partial charge on any atom is 0.252 e. The molecule has 29 heavy (non-hydrogen) atoms. The van der Waals surface area contributed by atoms with Gasteiger partial charge in [0, 0.05) is 18.7 Å². The molecule has 0 bridgehead atoms. The van der Waals surface area contributed by atoms with Gasteiger partial charge in [-0.3, -0.25) is 9.59 Å². The maximum absolute atomic E-state index is 13.2. The van der Waals surface area contributed by atoms with Gasteiger partial charge in [-0.2, -0.15) is 4.98 Å². The smallest absolute Gasteiger partial charge is 0.252 e. The van der Waals surface area contributed by atoms with E-state index in [1.54, 1.807) is 11.8 Å². The fourth-order valence-electron chi connectivity index (χ4n) is 4.60. The lowest BCUT2D eigenvalue weighted by Gasteiger charge is -2.35. The molecule has 1 aliphatic heterocycles. The van der Waals surface area contributed by atoms with Gasteiger partial charge in [-0.05, 0) is 45.2 Å². The van der Waals surface area contributed by atoms with Gasteiger partial charge in [0.25, 0.3) is 5.89 Å². The number of rotatable bonds is 4. The van der Waals surface area contributed by atoms with Crippen LogP contribution in [-0.4, -0.2) is 28.5 Å². The summed E-state index contributed by atoms with van der Waals surface area (Å²) >= 11 is 0. The van der Waals surface area contributed by atoms with Crippen molar-refractivity contribution < 1.29 is 14.1 Å². The molecule has 1 N–H and O–H groups in total. The Morgan fingerprint density at radius 2 is 1.97 bits per heavy atom. The highest BCUT2D eigenvalue weighted by atomic mass is 16.5. The number of anilines is 1. The fourth-order valence-corrected chi connectivity index (χ4v) is 4.60. The van der Waals surface area contributed by atoms with Gasteiger partial charge >= 0.3 is 0 Å². The molecule has 0 unspecified atom stereocenters. The third-order valence-electron chi connectivity index (χ3n) is 6.15. The van der Waals surface area contributed by atoms with Gasteiger partial charge in [-0.15, -0.1) is 0 Å². The minimum atomic E-state index is -0.618. The van der Waals surface area contributed by atoms with Crippen LogP contribution in [0.25, 0.3) is 0 Å². The first-order valence-electron chi connectivity index (χ1n) is 10.4. The number of carbonyl (C=O) groups excluding carboxylic acids is 2. The van der Waals surface area contributed by atoms with E-state index in [-0.39, 0.29) is 24.2 Å². The molecule has 2 aromatic rings. The maximum atomic E-state index is 13.2. The molecule has 1 aromatic heterocycles. The monoisotopic (exact) mass is 396 g/mol. The number of amides is 2. The van der Waals surface area contributed by atoms with Crippen molar-refractivity contribution in [2.24, 2.45) is 5.92 Å². The molecule has 154 valence electrons. The largest absolute Gasteiger partial charge is 0.341 e. The predicted octanol–water partition coefficient (Wildman–Crippen LogP) is 3.32. The molecule has 0 spiro atoms. The molecule has 2 fully saturated rings. The molecule has 1 saturated heterocycles. The highest BCUT2D eigenvalue weighted by Crippen LogP contribution is 2.37. The van der Waals surface area contributed by atoms with Crippen molar-refractivity contribution in [2.75, 3.05) is 11.4 Å². The SMILES string of the molecule is Cc1ccc(N2C[C@H](C(=O)NC3(c4nc(C)no4)CCCCC3)CC2=O)c(C)c1. The second kappa shape index (κ2) is 7.61. The molecule has 1 aliphatic carbocycles. The van der Waals surface area contributed by atoms with E-state index in [1.165, 1.54) is 0 Å². The molecular weight excluding hydrogens is 368 g/mol. The Balaban J connectivity index is 1.52. The zero-order chi connectivity index (χ0) is 20.6. The Morgan fingerprint density at radius 1 is 1.21 bits per heavy atom. The van der Waals surface area contributed by atoms with E-state index in [2.05, 4.69) is 21.5 Å². The molecule has 4 rings (SSSR count). The molecule has 2 aliphatic rings. The van der Waals surface area contributed by atoms with Crippen molar-refractivity contribution in [2.45, 2.75) is 64.8 Å². The quantitative estimate of drug-likeness (QED) is 0.856.